The van der Waals surface area contributed by atoms with Gasteiger partial charge in [0.25, 0.3) is 0 Å². The first-order valence-electron chi connectivity index (χ1n) is 16.9. The number of carbonyl (C=O) groups excluding carboxylic acids is 6. The first-order valence-corrected chi connectivity index (χ1v) is 27.9. The molecule has 1 aromatic rings. The molecule has 0 fully saturated rings. The number of carboxylic acids is 3. The van der Waals surface area contributed by atoms with Gasteiger partial charge in [0.2, 0.25) is 0 Å². The third kappa shape index (κ3) is 35.0. The number of carbonyl (C=O) groups is 3. The monoisotopic (exact) mass is 868 g/mol. The molecule has 0 aliphatic rings. The summed E-state index contributed by atoms with van der Waals surface area (Å²) in [4.78, 5) is 82.5. The number of benzene rings is 1. The van der Waals surface area contributed by atoms with Crippen LogP contribution in [0.25, 0.3) is 0 Å². The summed E-state index contributed by atoms with van der Waals surface area (Å²) in [6, 6.07) is 12.4. The molecule has 1 rings (SSSR count). The van der Waals surface area contributed by atoms with Crippen molar-refractivity contribution >= 4 is 75.3 Å². The van der Waals surface area contributed by atoms with E-state index >= 15 is 0 Å². The van der Waals surface area contributed by atoms with Crippen molar-refractivity contribution in [3.05, 3.63) is 30.3 Å². The summed E-state index contributed by atoms with van der Waals surface area (Å²) in [5.41, 5.74) is 0. The van der Waals surface area contributed by atoms with Gasteiger partial charge < -0.3 is 27.7 Å². The Morgan fingerprint density at radius 3 is 1.34 bits per heavy atom. The largest absolute Gasteiger partial charge is 0.481 e. The molecule has 0 aromatic heterocycles. The normalized spacial score (nSPS) is 13.1. The molecule has 0 radical (unpaired) electrons. The molecule has 0 heterocycles. The molecule has 4 unspecified atom stereocenters. The highest BCUT2D eigenvalue weighted by Gasteiger charge is 2.49. The van der Waals surface area contributed by atoms with Crippen LogP contribution in [0.2, 0.25) is 57.4 Å². The van der Waals surface area contributed by atoms with Crippen molar-refractivity contribution in [1.29, 1.82) is 0 Å². The van der Waals surface area contributed by atoms with E-state index in [-0.39, 0.29) is 54.6 Å². The van der Waals surface area contributed by atoms with E-state index in [4.69, 9.17) is 46.2 Å². The van der Waals surface area contributed by atoms with Crippen LogP contribution in [0, 0.1) is 11.8 Å². The Morgan fingerprint density at radius 2 is 0.946 bits per heavy atom. The summed E-state index contributed by atoms with van der Waals surface area (Å²) >= 11 is 0. The number of hydrogen-bond acceptors (Lipinski definition) is 12. The van der Waals surface area contributed by atoms with Crippen LogP contribution in [0.4, 0.5) is 0 Å². The van der Waals surface area contributed by atoms with E-state index in [2.05, 4.69) is 51.4 Å². The van der Waals surface area contributed by atoms with Gasteiger partial charge >= 0.3 is 53.5 Å². The fourth-order valence-electron chi connectivity index (χ4n) is 5.44. The molecule has 0 aliphatic heterocycles. The van der Waals surface area contributed by atoms with Crippen molar-refractivity contribution in [2.75, 3.05) is 0 Å². The zero-order valence-corrected chi connectivity index (χ0v) is 35.6. The molecule has 0 amide bonds. The maximum absolute atomic E-state index is 11.5. The molecule has 4 atom stereocenters. The lowest BCUT2D eigenvalue weighted by Crippen LogP contribution is -2.64. The molecule has 0 saturated heterocycles. The minimum Gasteiger partial charge on any atom is -0.481 e. The number of hydrogen-bond donors (Lipinski definition) is 3. The van der Waals surface area contributed by atoms with E-state index in [0.717, 1.165) is 36.5 Å². The molecular formula is C37H72O15Si4. The lowest BCUT2D eigenvalue weighted by Gasteiger charge is -2.44. The van der Waals surface area contributed by atoms with Gasteiger partial charge in [-0.2, -0.15) is 28.8 Å². The van der Waals surface area contributed by atoms with Gasteiger partial charge in [0.15, 0.2) is 16.6 Å². The van der Waals surface area contributed by atoms with Gasteiger partial charge in [-0.15, -0.1) is 0 Å². The first kappa shape index (κ1) is 67.3. The van der Waals surface area contributed by atoms with Gasteiger partial charge in [-0.25, -0.2) is 0 Å². The van der Waals surface area contributed by atoms with Crippen molar-refractivity contribution in [3.8, 4) is 0 Å². The Labute approximate surface area is 339 Å². The van der Waals surface area contributed by atoms with Gasteiger partial charge in [0, 0.05) is 6.42 Å². The predicted molar refractivity (Wildman–Crippen MR) is 222 cm³/mol. The van der Waals surface area contributed by atoms with Crippen LogP contribution in [0.1, 0.15) is 94.9 Å². The Bertz CT molecular complexity index is 1270. The van der Waals surface area contributed by atoms with Crippen LogP contribution >= 0.6 is 0 Å². The third-order valence-electron chi connectivity index (χ3n) is 7.87. The van der Waals surface area contributed by atoms with Gasteiger partial charge in [-0.3, -0.25) is 14.4 Å². The molecule has 0 bridgehead atoms. The Balaban J connectivity index is -0.000000335. The maximum atomic E-state index is 11.5. The van der Waals surface area contributed by atoms with E-state index in [0.29, 0.717) is 31.7 Å². The molecule has 56 heavy (non-hydrogen) atoms. The van der Waals surface area contributed by atoms with Crippen LogP contribution in [-0.4, -0.2) is 85.4 Å². The molecule has 0 aliphatic carbocycles. The first-order chi connectivity index (χ1) is 24.0. The molecule has 19 heteroatoms. The van der Waals surface area contributed by atoms with Gasteiger partial charge in [-0.1, -0.05) is 99.6 Å². The minimum absolute atomic E-state index is 0. The van der Waals surface area contributed by atoms with E-state index < -0.39 is 63.5 Å². The van der Waals surface area contributed by atoms with Gasteiger partial charge in [0.1, 0.15) is 0 Å². The topological polar surface area (TPSA) is 242 Å². The van der Waals surface area contributed by atoms with E-state index in [1.165, 1.54) is 0 Å². The molecule has 0 saturated carbocycles. The Morgan fingerprint density at radius 1 is 0.571 bits per heavy atom. The standard InChI is InChI=1S/C30H56O9Si4.3CO2.4CH4/c1-25(29(33)34)17-15-23-40(3,4)37-42(7,24-16-18-26(2)30(35)36)39-43(8,27-19-11-9-12-20-27)38-41(5,6)22-14-10-13-21-28(31)32;3*2-1-3;;;;/h9,11-12,19-20,25-26H,10,13-18,21-24H2,1-8H3,(H,31,32)(H,33,34)(H,35,36);;;;4*1H4. The van der Waals surface area contributed by atoms with Crippen molar-refractivity contribution in [2.45, 2.75) is 152 Å². The van der Waals surface area contributed by atoms with E-state index in [1.54, 1.807) is 13.8 Å². The van der Waals surface area contributed by atoms with Crippen LogP contribution in [0.3, 0.4) is 0 Å². The summed E-state index contributed by atoms with van der Waals surface area (Å²) in [6.45, 7) is 16.3. The second kappa shape index (κ2) is 35.9. The van der Waals surface area contributed by atoms with Crippen LogP contribution in [0.5, 0.6) is 0 Å². The average Bonchev–Trinajstić information content (AvgIpc) is 3.01. The Hall–Kier alpha value is -3.48. The highest BCUT2D eigenvalue weighted by molar-refractivity contribution is 6.95. The number of aliphatic carboxylic acids is 3. The van der Waals surface area contributed by atoms with Gasteiger partial charge in [-0.05, 0) is 81.9 Å². The van der Waals surface area contributed by atoms with E-state index in [9.17, 15) is 24.6 Å². The lowest BCUT2D eigenvalue weighted by atomic mass is 10.1. The molecule has 1 aromatic carbocycles. The SMILES string of the molecule is C.C.C.C.CC(CCC[Si](C)(C)O[Si](C)(CCCC(C)C(=O)O)O[Si](C)(O[Si](C)(C)CCCCCC(=O)O)c1ccccc1)C(=O)O.O=C=O.O=C=O.O=C=O. The molecule has 15 nitrogen and oxygen atoms in total. The second-order valence-electron chi connectivity index (χ2n) is 13.7. The van der Waals surface area contributed by atoms with Crippen molar-refractivity contribution < 1.29 is 70.8 Å². The molecule has 3 N–H and O–H groups in total. The fourth-order valence-corrected chi connectivity index (χ4v) is 25.1. The smallest absolute Gasteiger partial charge is 0.373 e. The van der Waals surface area contributed by atoms with Crippen molar-refractivity contribution in [3.63, 3.8) is 0 Å². The highest BCUT2D eigenvalue weighted by Crippen LogP contribution is 2.32. The van der Waals surface area contributed by atoms with Crippen LogP contribution in [-0.2, 0) is 55.5 Å². The average molecular weight is 869 g/mol. The number of carboxylic acid groups (broad SMARTS) is 3. The summed E-state index contributed by atoms with van der Waals surface area (Å²) in [7, 11) is -10.4. The number of unbranched alkanes of at least 4 members (excludes halogenated alkanes) is 2. The molecule has 0 spiro atoms. The number of rotatable bonds is 23. The van der Waals surface area contributed by atoms with Crippen LogP contribution < -0.4 is 5.19 Å². The summed E-state index contributed by atoms with van der Waals surface area (Å²) in [6.07, 6.45) is 5.88. The minimum atomic E-state index is -3.01. The summed E-state index contributed by atoms with van der Waals surface area (Å²) < 4.78 is 21.4. The fraction of sp³-hybridized carbons (Fsp3) is 0.676. The second-order valence-corrected chi connectivity index (χ2v) is 29.5. The Kier molecular flexibility index (Phi) is 43.1. The maximum Gasteiger partial charge on any atom is 0.373 e. The predicted octanol–water partition coefficient (Wildman–Crippen LogP) is 7.94. The summed E-state index contributed by atoms with van der Waals surface area (Å²) in [5, 5.41) is 28.7. The van der Waals surface area contributed by atoms with Gasteiger partial charge in [0.05, 0.1) is 11.8 Å². The lowest BCUT2D eigenvalue weighted by molar-refractivity contribution is -0.193. The summed E-state index contributed by atoms with van der Waals surface area (Å²) in [5.74, 6) is -3.22. The zero-order valence-electron chi connectivity index (χ0n) is 31.6. The van der Waals surface area contributed by atoms with Crippen molar-refractivity contribution in [2.24, 2.45) is 11.8 Å². The molecule has 326 valence electrons. The van der Waals surface area contributed by atoms with Crippen molar-refractivity contribution in [1.82, 2.24) is 0 Å². The molecular weight excluding hydrogens is 797 g/mol. The highest BCUT2D eigenvalue weighted by atomic mass is 28.5. The third-order valence-corrected chi connectivity index (χ3v) is 24.6. The zero-order chi connectivity index (χ0) is 41.0. The van der Waals surface area contributed by atoms with Crippen LogP contribution in [0.15, 0.2) is 30.3 Å². The van der Waals surface area contributed by atoms with E-state index in [1.807, 2.05) is 18.2 Å². The quantitative estimate of drug-likeness (QED) is 0.0698.